The minimum absolute atomic E-state index is 0.0852. The number of nitriles is 2. The number of aryl methyl sites for hydroxylation is 1. The van der Waals surface area contributed by atoms with Gasteiger partial charge in [0.1, 0.15) is 0 Å². The normalized spacial score (nSPS) is 18.8. The van der Waals surface area contributed by atoms with E-state index in [1.807, 2.05) is 0 Å². The summed E-state index contributed by atoms with van der Waals surface area (Å²) < 4.78 is 0. The number of benzene rings is 1. The SMILES string of the molecule is Cc1ccc(CC2(O)CCN(CC(C#N)CCC#N)CC2)cc1. The molecule has 122 valence electrons. The van der Waals surface area contributed by atoms with Crippen molar-refractivity contribution in [2.24, 2.45) is 5.92 Å². The van der Waals surface area contributed by atoms with Gasteiger partial charge in [-0.25, -0.2) is 0 Å². The molecule has 4 nitrogen and oxygen atoms in total. The Kier molecular flexibility index (Phi) is 6.16. The molecular weight excluding hydrogens is 286 g/mol. The minimum Gasteiger partial charge on any atom is -0.389 e. The van der Waals surface area contributed by atoms with Gasteiger partial charge in [-0.2, -0.15) is 10.5 Å². The van der Waals surface area contributed by atoms with E-state index in [2.05, 4.69) is 48.2 Å². The quantitative estimate of drug-likeness (QED) is 0.877. The molecule has 23 heavy (non-hydrogen) atoms. The van der Waals surface area contributed by atoms with Crippen molar-refractivity contribution in [3.63, 3.8) is 0 Å². The van der Waals surface area contributed by atoms with Crippen molar-refractivity contribution >= 4 is 0 Å². The summed E-state index contributed by atoms with van der Waals surface area (Å²) in [5, 5.41) is 28.6. The molecule has 1 aromatic rings. The topological polar surface area (TPSA) is 71.0 Å². The molecule has 1 aromatic carbocycles. The van der Waals surface area contributed by atoms with E-state index in [1.165, 1.54) is 11.1 Å². The van der Waals surface area contributed by atoms with E-state index >= 15 is 0 Å². The lowest BCUT2D eigenvalue weighted by Gasteiger charge is -2.39. The second-order valence-corrected chi connectivity index (χ2v) is 6.71. The number of hydrogen-bond donors (Lipinski definition) is 1. The first-order valence-electron chi connectivity index (χ1n) is 8.31. The Bertz CT molecular complexity index is 574. The zero-order valence-corrected chi connectivity index (χ0v) is 13.8. The van der Waals surface area contributed by atoms with Crippen LogP contribution in [-0.4, -0.2) is 35.2 Å². The van der Waals surface area contributed by atoms with Gasteiger partial charge in [-0.15, -0.1) is 0 Å². The first-order valence-corrected chi connectivity index (χ1v) is 8.31. The highest BCUT2D eigenvalue weighted by Crippen LogP contribution is 2.27. The molecule has 1 fully saturated rings. The van der Waals surface area contributed by atoms with E-state index < -0.39 is 5.60 Å². The van der Waals surface area contributed by atoms with Crippen LogP contribution in [0.5, 0.6) is 0 Å². The predicted octanol–water partition coefficient (Wildman–Crippen LogP) is 2.81. The average Bonchev–Trinajstić information content (AvgIpc) is 2.55. The summed E-state index contributed by atoms with van der Waals surface area (Å²) in [4.78, 5) is 2.24. The fourth-order valence-corrected chi connectivity index (χ4v) is 3.16. The molecular formula is C19H25N3O. The summed E-state index contributed by atoms with van der Waals surface area (Å²) in [5.74, 6) is -0.0852. The molecule has 0 saturated carbocycles. The lowest BCUT2D eigenvalue weighted by Crippen LogP contribution is -2.46. The Morgan fingerprint density at radius 2 is 1.87 bits per heavy atom. The van der Waals surface area contributed by atoms with E-state index in [-0.39, 0.29) is 5.92 Å². The van der Waals surface area contributed by atoms with Crippen LogP contribution in [0.1, 0.15) is 36.8 Å². The van der Waals surface area contributed by atoms with Crippen molar-refractivity contribution in [1.29, 1.82) is 10.5 Å². The smallest absolute Gasteiger partial charge is 0.0712 e. The maximum absolute atomic E-state index is 10.8. The Morgan fingerprint density at radius 3 is 2.43 bits per heavy atom. The number of hydrogen-bond acceptors (Lipinski definition) is 4. The van der Waals surface area contributed by atoms with Crippen LogP contribution in [0.3, 0.4) is 0 Å². The van der Waals surface area contributed by atoms with E-state index in [0.717, 1.165) is 25.9 Å². The van der Waals surface area contributed by atoms with Gasteiger partial charge in [-0.05, 0) is 31.7 Å². The Labute approximate surface area is 139 Å². The van der Waals surface area contributed by atoms with Gasteiger partial charge in [-0.3, -0.25) is 0 Å². The number of aliphatic hydroxyl groups is 1. The third-order valence-electron chi connectivity index (χ3n) is 4.71. The second kappa shape index (κ2) is 8.11. The van der Waals surface area contributed by atoms with Gasteiger partial charge >= 0.3 is 0 Å². The van der Waals surface area contributed by atoms with E-state index in [4.69, 9.17) is 10.5 Å². The zero-order valence-electron chi connectivity index (χ0n) is 13.8. The molecule has 0 spiro atoms. The van der Waals surface area contributed by atoms with Crippen LogP contribution in [0.2, 0.25) is 0 Å². The van der Waals surface area contributed by atoms with Crippen LogP contribution in [0.4, 0.5) is 0 Å². The molecule has 0 radical (unpaired) electrons. The van der Waals surface area contributed by atoms with Crippen molar-refractivity contribution in [3.8, 4) is 12.1 Å². The van der Waals surface area contributed by atoms with E-state index in [1.54, 1.807) is 0 Å². The third-order valence-corrected chi connectivity index (χ3v) is 4.71. The number of nitrogens with zero attached hydrogens (tertiary/aromatic N) is 3. The predicted molar refractivity (Wildman–Crippen MR) is 89.5 cm³/mol. The van der Waals surface area contributed by atoms with Gasteiger partial charge < -0.3 is 10.0 Å². The van der Waals surface area contributed by atoms with E-state index in [0.29, 0.717) is 25.8 Å². The van der Waals surface area contributed by atoms with Gasteiger partial charge in [0.25, 0.3) is 0 Å². The van der Waals surface area contributed by atoms with Crippen LogP contribution in [-0.2, 0) is 6.42 Å². The largest absolute Gasteiger partial charge is 0.389 e. The maximum Gasteiger partial charge on any atom is 0.0712 e. The maximum atomic E-state index is 10.8. The van der Waals surface area contributed by atoms with Crippen LogP contribution in [0.25, 0.3) is 0 Å². The molecule has 1 unspecified atom stereocenters. The molecule has 1 N–H and O–H groups in total. The average molecular weight is 311 g/mol. The van der Waals surface area contributed by atoms with Gasteiger partial charge in [-0.1, -0.05) is 29.8 Å². The molecule has 0 aliphatic carbocycles. The minimum atomic E-state index is -0.638. The van der Waals surface area contributed by atoms with Crippen molar-refractivity contribution in [3.05, 3.63) is 35.4 Å². The third kappa shape index (κ3) is 5.36. The van der Waals surface area contributed by atoms with E-state index in [9.17, 15) is 5.11 Å². The Balaban J connectivity index is 1.83. The van der Waals surface area contributed by atoms with Gasteiger partial charge in [0, 0.05) is 32.5 Å². The molecule has 0 aromatic heterocycles. The zero-order chi connectivity index (χ0) is 16.7. The molecule has 1 aliphatic heterocycles. The highest BCUT2D eigenvalue weighted by molar-refractivity contribution is 5.23. The fraction of sp³-hybridized carbons (Fsp3) is 0.579. The van der Waals surface area contributed by atoms with Crippen LogP contribution in [0, 0.1) is 35.5 Å². The molecule has 0 amide bonds. The molecule has 1 aliphatic rings. The lowest BCUT2D eigenvalue weighted by atomic mass is 9.85. The monoisotopic (exact) mass is 311 g/mol. The van der Waals surface area contributed by atoms with Gasteiger partial charge in [0.2, 0.25) is 0 Å². The summed E-state index contributed by atoms with van der Waals surface area (Å²) in [6.45, 7) is 4.40. The van der Waals surface area contributed by atoms with Crippen LogP contribution < -0.4 is 0 Å². The number of likely N-dealkylation sites (tertiary alicyclic amines) is 1. The second-order valence-electron chi connectivity index (χ2n) is 6.71. The summed E-state index contributed by atoms with van der Waals surface area (Å²) in [6, 6.07) is 12.7. The molecule has 4 heteroatoms. The summed E-state index contributed by atoms with van der Waals surface area (Å²) in [5.41, 5.74) is 1.77. The van der Waals surface area contributed by atoms with Gasteiger partial charge in [0.05, 0.1) is 23.7 Å². The Morgan fingerprint density at radius 1 is 1.22 bits per heavy atom. The highest BCUT2D eigenvalue weighted by atomic mass is 16.3. The standard InChI is InChI=1S/C19H25N3O/c1-16-4-6-17(7-5-16)13-19(23)8-11-22(12-9-19)15-18(14-21)3-2-10-20/h4-7,18,23H,2-3,8-9,11-13,15H2,1H3. The van der Waals surface area contributed by atoms with Crippen molar-refractivity contribution in [2.45, 2.75) is 44.6 Å². The first-order chi connectivity index (χ1) is 11.0. The van der Waals surface area contributed by atoms with Crippen LogP contribution >= 0.6 is 0 Å². The fourth-order valence-electron chi connectivity index (χ4n) is 3.16. The molecule has 1 atom stereocenters. The molecule has 1 saturated heterocycles. The van der Waals surface area contributed by atoms with Crippen molar-refractivity contribution in [2.75, 3.05) is 19.6 Å². The molecule has 0 bridgehead atoms. The lowest BCUT2D eigenvalue weighted by molar-refractivity contribution is -0.0224. The van der Waals surface area contributed by atoms with Crippen molar-refractivity contribution < 1.29 is 5.11 Å². The van der Waals surface area contributed by atoms with Crippen LogP contribution in [0.15, 0.2) is 24.3 Å². The molecule has 2 rings (SSSR count). The summed E-state index contributed by atoms with van der Waals surface area (Å²) in [6.07, 6.45) is 3.23. The van der Waals surface area contributed by atoms with Gasteiger partial charge in [0.15, 0.2) is 0 Å². The Hall–Kier alpha value is -1.88. The highest BCUT2D eigenvalue weighted by Gasteiger charge is 2.32. The summed E-state index contributed by atoms with van der Waals surface area (Å²) >= 11 is 0. The number of rotatable bonds is 6. The first kappa shape index (κ1) is 17.5. The summed E-state index contributed by atoms with van der Waals surface area (Å²) in [7, 11) is 0. The molecule has 1 heterocycles. The number of piperidine rings is 1. The van der Waals surface area contributed by atoms with Crippen molar-refractivity contribution in [1.82, 2.24) is 4.90 Å².